The van der Waals surface area contributed by atoms with Crippen LogP contribution in [0.3, 0.4) is 0 Å². The van der Waals surface area contributed by atoms with E-state index < -0.39 is 5.60 Å². The molecule has 9 heteroatoms. The zero-order valence-corrected chi connectivity index (χ0v) is 16.9. The van der Waals surface area contributed by atoms with E-state index in [4.69, 9.17) is 4.74 Å². The normalized spacial score (nSPS) is 14.7. The first-order valence-corrected chi connectivity index (χ1v) is 9.21. The molecule has 1 amide bonds. The van der Waals surface area contributed by atoms with Crippen molar-refractivity contribution in [3.8, 4) is 11.9 Å². The molecule has 9 nitrogen and oxygen atoms in total. The molecule has 0 aliphatic carbocycles. The summed E-state index contributed by atoms with van der Waals surface area (Å²) in [6.07, 6.45) is 1.20. The molecular formula is C19H25N7O2. The number of hydrogen-bond donors (Lipinski definition) is 0. The first kappa shape index (κ1) is 19.6. The average molecular weight is 383 g/mol. The van der Waals surface area contributed by atoms with Crippen LogP contribution >= 0.6 is 0 Å². The average Bonchev–Trinajstić information content (AvgIpc) is 2.94. The van der Waals surface area contributed by atoms with Crippen molar-refractivity contribution in [2.75, 3.05) is 31.1 Å². The Hall–Kier alpha value is -3.15. The molecule has 148 valence electrons. The lowest BCUT2D eigenvalue weighted by molar-refractivity contribution is 0.0240. The second-order valence-corrected chi connectivity index (χ2v) is 7.76. The molecule has 0 spiro atoms. The van der Waals surface area contributed by atoms with Crippen LogP contribution < -0.4 is 4.90 Å². The molecule has 0 unspecified atom stereocenters. The van der Waals surface area contributed by atoms with Crippen LogP contribution in [0.2, 0.25) is 0 Å². The Morgan fingerprint density at radius 1 is 1.14 bits per heavy atom. The zero-order valence-electron chi connectivity index (χ0n) is 16.9. The molecule has 28 heavy (non-hydrogen) atoms. The number of piperazine rings is 1. The minimum atomic E-state index is -0.502. The van der Waals surface area contributed by atoms with E-state index in [1.54, 1.807) is 16.5 Å². The fraction of sp³-hybridized carbons (Fsp3) is 0.526. The van der Waals surface area contributed by atoms with E-state index in [2.05, 4.69) is 26.0 Å². The Kier molecular flexibility index (Phi) is 5.23. The van der Waals surface area contributed by atoms with Crippen LogP contribution in [0.25, 0.3) is 5.82 Å². The number of carbonyl (C=O) groups excluding carboxylic acids is 1. The van der Waals surface area contributed by atoms with Gasteiger partial charge in [0.2, 0.25) is 0 Å². The summed E-state index contributed by atoms with van der Waals surface area (Å²) in [5.74, 6) is 1.38. The van der Waals surface area contributed by atoms with E-state index in [1.165, 1.54) is 6.33 Å². The molecule has 0 aromatic carbocycles. The Balaban J connectivity index is 1.73. The fourth-order valence-corrected chi connectivity index (χ4v) is 3.10. The van der Waals surface area contributed by atoms with Crippen molar-refractivity contribution in [1.82, 2.24) is 24.6 Å². The Bertz CT molecular complexity index is 915. The molecule has 0 saturated carbocycles. The molecule has 3 rings (SSSR count). The highest BCUT2D eigenvalue weighted by Crippen LogP contribution is 2.20. The Labute approximate surface area is 164 Å². The highest BCUT2D eigenvalue weighted by Gasteiger charge is 2.26. The van der Waals surface area contributed by atoms with Crippen molar-refractivity contribution in [1.29, 1.82) is 5.26 Å². The highest BCUT2D eigenvalue weighted by atomic mass is 16.6. The second-order valence-electron chi connectivity index (χ2n) is 7.76. The smallest absolute Gasteiger partial charge is 0.410 e. The van der Waals surface area contributed by atoms with Crippen molar-refractivity contribution >= 4 is 11.9 Å². The number of ether oxygens (including phenoxy) is 1. The summed E-state index contributed by atoms with van der Waals surface area (Å²) < 4.78 is 7.10. The predicted molar refractivity (Wildman–Crippen MR) is 103 cm³/mol. The second kappa shape index (κ2) is 7.46. The first-order chi connectivity index (χ1) is 13.2. The van der Waals surface area contributed by atoms with Gasteiger partial charge < -0.3 is 14.5 Å². The van der Waals surface area contributed by atoms with Gasteiger partial charge in [-0.15, -0.1) is 0 Å². The predicted octanol–water partition coefficient (Wildman–Crippen LogP) is 2.21. The van der Waals surface area contributed by atoms with Crippen LogP contribution in [0, 0.1) is 25.2 Å². The first-order valence-electron chi connectivity index (χ1n) is 9.21. The number of nitriles is 1. The lowest BCUT2D eigenvalue weighted by atomic mass is 10.2. The Morgan fingerprint density at radius 3 is 2.36 bits per heavy atom. The number of hydrogen-bond acceptors (Lipinski definition) is 7. The largest absolute Gasteiger partial charge is 0.444 e. The lowest BCUT2D eigenvalue weighted by Gasteiger charge is -2.36. The maximum absolute atomic E-state index is 12.2. The molecule has 0 radical (unpaired) electrons. The molecule has 2 aromatic heterocycles. The summed E-state index contributed by atoms with van der Waals surface area (Å²) in [4.78, 5) is 24.7. The van der Waals surface area contributed by atoms with E-state index in [9.17, 15) is 10.1 Å². The summed E-state index contributed by atoms with van der Waals surface area (Å²) in [6.45, 7) is 11.7. The molecule has 1 fully saturated rings. The number of amides is 1. The van der Waals surface area contributed by atoms with Gasteiger partial charge >= 0.3 is 6.09 Å². The summed E-state index contributed by atoms with van der Waals surface area (Å²) in [6, 6.07) is 4.03. The SMILES string of the molecule is Cc1nn(-c2cc(N3CCN(C(=O)OC(C)(C)C)CC3)ncn2)c(C)c1C#N. The number of aryl methyl sites for hydroxylation is 1. The van der Waals surface area contributed by atoms with Gasteiger partial charge in [-0.05, 0) is 34.6 Å². The van der Waals surface area contributed by atoms with E-state index in [-0.39, 0.29) is 6.09 Å². The monoisotopic (exact) mass is 383 g/mol. The van der Waals surface area contributed by atoms with Crippen molar-refractivity contribution in [2.45, 2.75) is 40.2 Å². The molecule has 0 bridgehead atoms. The summed E-state index contributed by atoms with van der Waals surface area (Å²) in [7, 11) is 0. The van der Waals surface area contributed by atoms with Gasteiger partial charge in [-0.25, -0.2) is 19.4 Å². The van der Waals surface area contributed by atoms with Gasteiger partial charge in [0.05, 0.1) is 17.0 Å². The third kappa shape index (κ3) is 4.06. The number of aromatic nitrogens is 4. The van der Waals surface area contributed by atoms with Gasteiger partial charge in [-0.3, -0.25) is 0 Å². The third-order valence-electron chi connectivity index (χ3n) is 4.51. The quantitative estimate of drug-likeness (QED) is 0.784. The molecule has 0 N–H and O–H groups in total. The Morgan fingerprint density at radius 2 is 1.79 bits per heavy atom. The van der Waals surface area contributed by atoms with E-state index in [0.29, 0.717) is 43.3 Å². The van der Waals surface area contributed by atoms with E-state index in [1.807, 2.05) is 33.8 Å². The maximum Gasteiger partial charge on any atom is 0.410 e. The molecule has 1 saturated heterocycles. The summed E-state index contributed by atoms with van der Waals surface area (Å²) in [5.41, 5.74) is 1.48. The van der Waals surface area contributed by atoms with Crippen LogP contribution in [-0.2, 0) is 4.74 Å². The summed E-state index contributed by atoms with van der Waals surface area (Å²) in [5, 5.41) is 13.7. The molecular weight excluding hydrogens is 358 g/mol. The van der Waals surface area contributed by atoms with Crippen LogP contribution in [0.4, 0.5) is 10.6 Å². The van der Waals surface area contributed by atoms with Crippen molar-refractivity contribution in [2.24, 2.45) is 0 Å². The van der Waals surface area contributed by atoms with Crippen LogP contribution in [0.15, 0.2) is 12.4 Å². The third-order valence-corrected chi connectivity index (χ3v) is 4.51. The topological polar surface area (TPSA) is 100 Å². The number of anilines is 1. The minimum absolute atomic E-state index is 0.290. The van der Waals surface area contributed by atoms with Gasteiger partial charge in [0.25, 0.3) is 0 Å². The van der Waals surface area contributed by atoms with Gasteiger partial charge in [-0.2, -0.15) is 10.4 Å². The van der Waals surface area contributed by atoms with Crippen molar-refractivity contribution < 1.29 is 9.53 Å². The molecule has 2 aromatic rings. The van der Waals surface area contributed by atoms with Crippen LogP contribution in [-0.4, -0.2) is 62.5 Å². The van der Waals surface area contributed by atoms with Gasteiger partial charge in [0, 0.05) is 32.2 Å². The standard InChI is InChI=1S/C19H25N7O2/c1-13-15(11-20)14(2)26(23-13)17-10-16(21-12-22-17)24-6-8-25(9-7-24)18(27)28-19(3,4)5/h10,12H,6-9H2,1-5H3. The number of rotatable bonds is 2. The zero-order chi connectivity index (χ0) is 20.5. The summed E-state index contributed by atoms with van der Waals surface area (Å²) >= 11 is 0. The lowest BCUT2D eigenvalue weighted by Crippen LogP contribution is -2.50. The van der Waals surface area contributed by atoms with Gasteiger partial charge in [0.1, 0.15) is 23.8 Å². The van der Waals surface area contributed by atoms with Gasteiger partial charge in [-0.1, -0.05) is 0 Å². The number of nitrogens with zero attached hydrogens (tertiary/aromatic N) is 7. The highest BCUT2D eigenvalue weighted by molar-refractivity contribution is 5.68. The number of carbonyl (C=O) groups is 1. The van der Waals surface area contributed by atoms with Gasteiger partial charge in [0.15, 0.2) is 5.82 Å². The minimum Gasteiger partial charge on any atom is -0.444 e. The van der Waals surface area contributed by atoms with Crippen molar-refractivity contribution in [3.05, 3.63) is 29.3 Å². The maximum atomic E-state index is 12.2. The van der Waals surface area contributed by atoms with E-state index >= 15 is 0 Å². The molecule has 0 atom stereocenters. The molecule has 3 heterocycles. The molecule has 1 aliphatic heterocycles. The van der Waals surface area contributed by atoms with Crippen LogP contribution in [0.1, 0.15) is 37.7 Å². The fourth-order valence-electron chi connectivity index (χ4n) is 3.10. The molecule has 1 aliphatic rings. The van der Waals surface area contributed by atoms with Crippen molar-refractivity contribution in [3.63, 3.8) is 0 Å². The van der Waals surface area contributed by atoms with E-state index in [0.717, 1.165) is 11.5 Å². The van der Waals surface area contributed by atoms with Crippen LogP contribution in [0.5, 0.6) is 0 Å².